The van der Waals surface area contributed by atoms with Crippen LogP contribution in [0.2, 0.25) is 0 Å². The quantitative estimate of drug-likeness (QED) is 0.364. The van der Waals surface area contributed by atoms with E-state index in [-0.39, 0.29) is 36.2 Å². The molecule has 1 aromatic rings. The van der Waals surface area contributed by atoms with Crippen LogP contribution in [0.3, 0.4) is 0 Å². The monoisotopic (exact) mass is 505 g/mol. The smallest absolute Gasteiger partial charge is 0.193 e. The Morgan fingerprint density at radius 1 is 1.18 bits per heavy atom. The molecular weight excluding hydrogens is 473 g/mol. The molecule has 2 aliphatic heterocycles. The summed E-state index contributed by atoms with van der Waals surface area (Å²) in [6, 6.07) is 6.02. The van der Waals surface area contributed by atoms with Crippen molar-refractivity contribution in [3.8, 4) is 11.5 Å². The minimum absolute atomic E-state index is 0. The maximum Gasteiger partial charge on any atom is 0.193 e. The number of aliphatic imine (C=N–C) groups is 1. The molecule has 0 aromatic heterocycles. The van der Waals surface area contributed by atoms with Crippen molar-refractivity contribution in [2.45, 2.75) is 31.5 Å². The molecule has 2 atom stereocenters. The molecule has 0 aliphatic carbocycles. The SMILES string of the molecule is CN=C(NCCc1ccc(OC)c(OC)c1)N1CCOC(C2CCCO2)C1.I. The van der Waals surface area contributed by atoms with Crippen molar-refractivity contribution in [3.63, 3.8) is 0 Å². The first-order valence-corrected chi connectivity index (χ1v) is 9.65. The highest BCUT2D eigenvalue weighted by atomic mass is 127. The number of hydrogen-bond donors (Lipinski definition) is 1. The lowest BCUT2D eigenvalue weighted by Crippen LogP contribution is -2.53. The van der Waals surface area contributed by atoms with Crippen LogP contribution in [-0.2, 0) is 15.9 Å². The fourth-order valence-electron chi connectivity index (χ4n) is 3.68. The number of ether oxygens (including phenoxy) is 4. The summed E-state index contributed by atoms with van der Waals surface area (Å²) in [6.45, 7) is 4.02. The summed E-state index contributed by atoms with van der Waals surface area (Å²) in [5, 5.41) is 3.47. The molecule has 158 valence electrons. The number of nitrogens with zero attached hydrogens (tertiary/aromatic N) is 2. The average Bonchev–Trinajstić information content (AvgIpc) is 3.26. The van der Waals surface area contributed by atoms with Crippen molar-refractivity contribution >= 4 is 29.9 Å². The summed E-state index contributed by atoms with van der Waals surface area (Å²) in [5.41, 5.74) is 1.19. The largest absolute Gasteiger partial charge is 0.493 e. The molecule has 0 spiro atoms. The molecular formula is C20H32IN3O4. The Kier molecular flexibility index (Phi) is 9.60. The van der Waals surface area contributed by atoms with E-state index >= 15 is 0 Å². The van der Waals surface area contributed by atoms with Crippen molar-refractivity contribution in [2.75, 3.05) is 54.1 Å². The van der Waals surface area contributed by atoms with E-state index in [9.17, 15) is 0 Å². The summed E-state index contributed by atoms with van der Waals surface area (Å²) in [5.74, 6) is 2.42. The molecule has 0 amide bonds. The third-order valence-electron chi connectivity index (χ3n) is 5.13. The number of methoxy groups -OCH3 is 2. The predicted molar refractivity (Wildman–Crippen MR) is 120 cm³/mol. The lowest BCUT2D eigenvalue weighted by molar-refractivity contribution is -0.0816. The molecule has 3 rings (SSSR count). The number of nitrogens with one attached hydrogen (secondary N) is 1. The molecule has 2 saturated heterocycles. The first-order valence-electron chi connectivity index (χ1n) is 9.65. The zero-order valence-corrected chi connectivity index (χ0v) is 19.3. The maximum atomic E-state index is 5.93. The minimum Gasteiger partial charge on any atom is -0.493 e. The minimum atomic E-state index is 0. The highest BCUT2D eigenvalue weighted by molar-refractivity contribution is 14.0. The van der Waals surface area contributed by atoms with Gasteiger partial charge in [0.05, 0.1) is 26.9 Å². The van der Waals surface area contributed by atoms with E-state index < -0.39 is 0 Å². The number of guanidine groups is 1. The summed E-state index contributed by atoms with van der Waals surface area (Å²) >= 11 is 0. The van der Waals surface area contributed by atoms with Crippen molar-refractivity contribution in [1.82, 2.24) is 10.2 Å². The van der Waals surface area contributed by atoms with Gasteiger partial charge >= 0.3 is 0 Å². The van der Waals surface area contributed by atoms with Crippen LogP contribution in [0.15, 0.2) is 23.2 Å². The Balaban J connectivity index is 0.00000280. The van der Waals surface area contributed by atoms with Gasteiger partial charge in [-0.25, -0.2) is 0 Å². The molecule has 2 unspecified atom stereocenters. The van der Waals surface area contributed by atoms with Gasteiger partial charge in [0, 0.05) is 33.3 Å². The number of hydrogen-bond acceptors (Lipinski definition) is 5. The molecule has 1 aromatic carbocycles. The van der Waals surface area contributed by atoms with Crippen LogP contribution in [0.4, 0.5) is 0 Å². The summed E-state index contributed by atoms with van der Waals surface area (Å²) < 4.78 is 22.4. The molecule has 0 radical (unpaired) electrons. The fraction of sp³-hybridized carbons (Fsp3) is 0.650. The number of benzene rings is 1. The second-order valence-electron chi connectivity index (χ2n) is 6.82. The first-order chi connectivity index (χ1) is 13.2. The van der Waals surface area contributed by atoms with Crippen LogP contribution in [0, 0.1) is 0 Å². The Hall–Kier alpha value is -1.26. The Bertz CT molecular complexity index is 638. The zero-order valence-electron chi connectivity index (χ0n) is 17.0. The van der Waals surface area contributed by atoms with E-state index in [2.05, 4.69) is 21.3 Å². The number of morpholine rings is 1. The van der Waals surface area contributed by atoms with Gasteiger partial charge in [-0.1, -0.05) is 6.07 Å². The second-order valence-corrected chi connectivity index (χ2v) is 6.82. The van der Waals surface area contributed by atoms with E-state index in [1.54, 1.807) is 14.2 Å². The van der Waals surface area contributed by atoms with Crippen molar-refractivity contribution in [3.05, 3.63) is 23.8 Å². The van der Waals surface area contributed by atoms with Gasteiger partial charge in [-0.3, -0.25) is 4.99 Å². The normalized spacial score (nSPS) is 22.5. The fourth-order valence-corrected chi connectivity index (χ4v) is 3.68. The summed E-state index contributed by atoms with van der Waals surface area (Å²) in [6.07, 6.45) is 3.44. The number of halogens is 1. The molecule has 2 fully saturated rings. The molecule has 28 heavy (non-hydrogen) atoms. The molecule has 8 heteroatoms. The lowest BCUT2D eigenvalue weighted by atomic mass is 10.1. The first kappa shape index (κ1) is 23.0. The standard InChI is InChI=1S/C20H31N3O4.HI/c1-21-20(23-10-12-27-19(14-23)17-5-4-11-26-17)22-9-8-15-6-7-16(24-2)18(13-15)25-3;/h6-7,13,17,19H,4-5,8-12,14H2,1-3H3,(H,21,22);1H. The molecule has 1 N–H and O–H groups in total. The molecule has 7 nitrogen and oxygen atoms in total. The van der Waals surface area contributed by atoms with E-state index in [1.807, 2.05) is 19.2 Å². The second kappa shape index (κ2) is 11.7. The van der Waals surface area contributed by atoms with Crippen molar-refractivity contribution in [1.29, 1.82) is 0 Å². The van der Waals surface area contributed by atoms with Crippen LogP contribution >= 0.6 is 24.0 Å². The van der Waals surface area contributed by atoms with Gasteiger partial charge in [0.2, 0.25) is 0 Å². The van der Waals surface area contributed by atoms with Gasteiger partial charge in [0.25, 0.3) is 0 Å². The molecule has 2 heterocycles. The van der Waals surface area contributed by atoms with Crippen LogP contribution in [-0.4, -0.2) is 77.2 Å². The molecule has 0 saturated carbocycles. The lowest BCUT2D eigenvalue weighted by Gasteiger charge is -2.37. The van der Waals surface area contributed by atoms with Crippen molar-refractivity contribution in [2.24, 2.45) is 4.99 Å². The third-order valence-corrected chi connectivity index (χ3v) is 5.13. The average molecular weight is 505 g/mol. The van der Waals surface area contributed by atoms with Crippen molar-refractivity contribution < 1.29 is 18.9 Å². The summed E-state index contributed by atoms with van der Waals surface area (Å²) in [7, 11) is 5.13. The highest BCUT2D eigenvalue weighted by Crippen LogP contribution is 2.27. The van der Waals surface area contributed by atoms with Crippen LogP contribution in [0.1, 0.15) is 18.4 Å². The van der Waals surface area contributed by atoms with Gasteiger partial charge in [-0.05, 0) is 37.0 Å². The zero-order chi connectivity index (χ0) is 19.1. The third kappa shape index (κ3) is 5.87. The Morgan fingerprint density at radius 3 is 2.64 bits per heavy atom. The van der Waals surface area contributed by atoms with E-state index in [0.717, 1.165) is 63.0 Å². The predicted octanol–water partition coefficient (Wildman–Crippen LogP) is 2.32. The van der Waals surface area contributed by atoms with Gasteiger partial charge in [-0.2, -0.15) is 0 Å². The van der Waals surface area contributed by atoms with E-state index in [0.29, 0.717) is 6.61 Å². The van der Waals surface area contributed by atoms with Crippen LogP contribution in [0.25, 0.3) is 0 Å². The topological polar surface area (TPSA) is 64.6 Å². The van der Waals surface area contributed by atoms with E-state index in [4.69, 9.17) is 18.9 Å². The Morgan fingerprint density at radius 2 is 1.96 bits per heavy atom. The van der Waals surface area contributed by atoms with Crippen LogP contribution < -0.4 is 14.8 Å². The summed E-state index contributed by atoms with van der Waals surface area (Å²) in [4.78, 5) is 6.72. The van der Waals surface area contributed by atoms with Gasteiger partial charge in [0.15, 0.2) is 17.5 Å². The molecule has 0 bridgehead atoms. The Labute approximate surface area is 184 Å². The highest BCUT2D eigenvalue weighted by Gasteiger charge is 2.32. The van der Waals surface area contributed by atoms with Gasteiger partial charge < -0.3 is 29.2 Å². The van der Waals surface area contributed by atoms with Gasteiger partial charge in [0.1, 0.15) is 6.10 Å². The van der Waals surface area contributed by atoms with Gasteiger partial charge in [-0.15, -0.1) is 24.0 Å². The molecule has 2 aliphatic rings. The van der Waals surface area contributed by atoms with E-state index in [1.165, 1.54) is 5.56 Å². The maximum absolute atomic E-state index is 5.93. The van der Waals surface area contributed by atoms with Crippen LogP contribution in [0.5, 0.6) is 11.5 Å². The number of rotatable bonds is 6.